The molecule has 19 heavy (non-hydrogen) atoms. The van der Waals surface area contributed by atoms with Gasteiger partial charge in [0.1, 0.15) is 0 Å². The van der Waals surface area contributed by atoms with Crippen molar-refractivity contribution in [3.05, 3.63) is 11.7 Å². The van der Waals surface area contributed by atoms with Crippen LogP contribution in [-0.2, 0) is 12.0 Å². The van der Waals surface area contributed by atoms with Crippen molar-refractivity contribution in [3.8, 4) is 0 Å². The van der Waals surface area contributed by atoms with Gasteiger partial charge in [0.05, 0.1) is 6.54 Å². The van der Waals surface area contributed by atoms with Crippen molar-refractivity contribution < 1.29 is 4.52 Å². The molecule has 5 nitrogen and oxygen atoms in total. The molecule has 0 aliphatic carbocycles. The van der Waals surface area contributed by atoms with Crippen molar-refractivity contribution in [1.29, 1.82) is 0 Å². The highest BCUT2D eigenvalue weighted by Gasteiger charge is 2.25. The van der Waals surface area contributed by atoms with Crippen LogP contribution in [0.4, 0.5) is 0 Å². The maximum Gasteiger partial charge on any atom is 0.240 e. The van der Waals surface area contributed by atoms with Crippen LogP contribution in [0.1, 0.15) is 58.2 Å². The highest BCUT2D eigenvalue weighted by Crippen LogP contribution is 2.23. The van der Waals surface area contributed by atoms with Crippen LogP contribution < -0.4 is 5.73 Å². The van der Waals surface area contributed by atoms with E-state index in [1.807, 2.05) is 0 Å². The third kappa shape index (κ3) is 3.76. The first kappa shape index (κ1) is 14.5. The number of likely N-dealkylation sites (tertiary alicyclic amines) is 1. The first-order chi connectivity index (χ1) is 9.00. The van der Waals surface area contributed by atoms with Gasteiger partial charge in [0.2, 0.25) is 5.89 Å². The Balaban J connectivity index is 2.00. The topological polar surface area (TPSA) is 68.2 Å². The van der Waals surface area contributed by atoms with Crippen LogP contribution in [0.2, 0.25) is 0 Å². The quantitative estimate of drug-likeness (QED) is 0.903. The van der Waals surface area contributed by atoms with Crippen LogP contribution in [0.15, 0.2) is 4.52 Å². The second kappa shape index (κ2) is 6.01. The van der Waals surface area contributed by atoms with E-state index >= 15 is 0 Å². The molecule has 1 unspecified atom stereocenters. The number of hydrogen-bond donors (Lipinski definition) is 1. The molecular weight excluding hydrogens is 240 g/mol. The summed E-state index contributed by atoms with van der Waals surface area (Å²) in [5.74, 6) is 1.52. The average molecular weight is 266 g/mol. The van der Waals surface area contributed by atoms with Crippen LogP contribution in [-0.4, -0.2) is 34.2 Å². The minimum Gasteiger partial charge on any atom is -0.338 e. The fraction of sp³-hybridized carbons (Fsp3) is 0.857. The van der Waals surface area contributed by atoms with Crippen molar-refractivity contribution in [2.45, 2.75) is 64.5 Å². The average Bonchev–Trinajstić information content (AvgIpc) is 2.80. The second-order valence-electron chi connectivity index (χ2n) is 6.46. The molecule has 2 rings (SSSR count). The van der Waals surface area contributed by atoms with Crippen molar-refractivity contribution in [2.75, 3.05) is 13.1 Å². The van der Waals surface area contributed by atoms with Gasteiger partial charge in [-0.1, -0.05) is 32.3 Å². The molecule has 1 aromatic rings. The standard InChI is InChI=1S/C14H26N4O/c1-14(2,3)13-16-12(19-17-13)10-18-9-5-4-6-11(18)7-8-15/h11H,4-10,15H2,1-3H3. The summed E-state index contributed by atoms with van der Waals surface area (Å²) < 4.78 is 5.39. The molecule has 1 aliphatic heterocycles. The lowest BCUT2D eigenvalue weighted by Crippen LogP contribution is -2.40. The van der Waals surface area contributed by atoms with Crippen molar-refractivity contribution in [3.63, 3.8) is 0 Å². The number of aromatic nitrogens is 2. The Hall–Kier alpha value is -0.940. The van der Waals surface area contributed by atoms with E-state index in [4.69, 9.17) is 10.3 Å². The van der Waals surface area contributed by atoms with Gasteiger partial charge in [-0.15, -0.1) is 0 Å². The summed E-state index contributed by atoms with van der Waals surface area (Å²) in [6, 6.07) is 0.573. The molecule has 1 fully saturated rings. The molecule has 5 heteroatoms. The summed E-state index contributed by atoms with van der Waals surface area (Å²) in [6.45, 7) is 8.91. The molecule has 0 amide bonds. The monoisotopic (exact) mass is 266 g/mol. The maximum atomic E-state index is 5.70. The van der Waals surface area contributed by atoms with E-state index in [9.17, 15) is 0 Å². The van der Waals surface area contributed by atoms with Gasteiger partial charge in [0.25, 0.3) is 0 Å². The van der Waals surface area contributed by atoms with Gasteiger partial charge in [-0.25, -0.2) is 0 Å². The molecule has 0 spiro atoms. The fourth-order valence-electron chi connectivity index (χ4n) is 2.58. The van der Waals surface area contributed by atoms with Crippen molar-refractivity contribution >= 4 is 0 Å². The first-order valence-electron chi connectivity index (χ1n) is 7.28. The predicted octanol–water partition coefficient (Wildman–Crippen LogP) is 2.07. The van der Waals surface area contributed by atoms with E-state index in [2.05, 4.69) is 35.8 Å². The van der Waals surface area contributed by atoms with Gasteiger partial charge in [0.15, 0.2) is 5.82 Å². The van der Waals surface area contributed by atoms with Crippen molar-refractivity contribution in [1.82, 2.24) is 15.0 Å². The van der Waals surface area contributed by atoms with Gasteiger partial charge < -0.3 is 10.3 Å². The summed E-state index contributed by atoms with van der Waals surface area (Å²) in [4.78, 5) is 6.96. The third-order valence-electron chi connectivity index (χ3n) is 3.73. The minimum absolute atomic E-state index is 0.0552. The second-order valence-corrected chi connectivity index (χ2v) is 6.46. The largest absolute Gasteiger partial charge is 0.338 e. The number of rotatable bonds is 4. The molecule has 1 aliphatic rings. The van der Waals surface area contributed by atoms with E-state index in [-0.39, 0.29) is 5.41 Å². The summed E-state index contributed by atoms with van der Waals surface area (Å²) in [7, 11) is 0. The molecule has 108 valence electrons. The molecule has 0 saturated carbocycles. The minimum atomic E-state index is -0.0552. The lowest BCUT2D eigenvalue weighted by Gasteiger charge is -2.34. The Morgan fingerprint density at radius 3 is 2.79 bits per heavy atom. The molecule has 1 saturated heterocycles. The normalized spacial score (nSPS) is 21.8. The zero-order valence-corrected chi connectivity index (χ0v) is 12.4. The zero-order valence-electron chi connectivity index (χ0n) is 12.4. The van der Waals surface area contributed by atoms with Crippen LogP contribution in [0.25, 0.3) is 0 Å². The molecule has 2 N–H and O–H groups in total. The van der Waals surface area contributed by atoms with Crippen LogP contribution in [0, 0.1) is 0 Å². The van der Waals surface area contributed by atoms with Crippen LogP contribution >= 0.6 is 0 Å². The Labute approximate surface area is 115 Å². The van der Waals surface area contributed by atoms with E-state index in [1.54, 1.807) is 0 Å². The fourth-order valence-corrected chi connectivity index (χ4v) is 2.58. The molecule has 1 aromatic heterocycles. The predicted molar refractivity (Wildman–Crippen MR) is 74.7 cm³/mol. The molecule has 2 heterocycles. The molecule has 0 bridgehead atoms. The van der Waals surface area contributed by atoms with Crippen LogP contribution in [0.3, 0.4) is 0 Å². The Bertz CT molecular complexity index is 394. The number of nitrogens with two attached hydrogens (primary N) is 1. The first-order valence-corrected chi connectivity index (χ1v) is 7.28. The lowest BCUT2D eigenvalue weighted by molar-refractivity contribution is 0.118. The van der Waals surface area contributed by atoms with Gasteiger partial charge in [-0.2, -0.15) is 4.98 Å². The van der Waals surface area contributed by atoms with E-state index in [1.165, 1.54) is 19.3 Å². The van der Waals surface area contributed by atoms with Gasteiger partial charge >= 0.3 is 0 Å². The van der Waals surface area contributed by atoms with Gasteiger partial charge in [-0.05, 0) is 32.4 Å². The van der Waals surface area contributed by atoms with Crippen LogP contribution in [0.5, 0.6) is 0 Å². The van der Waals surface area contributed by atoms with E-state index < -0.39 is 0 Å². The van der Waals surface area contributed by atoms with Gasteiger partial charge in [-0.3, -0.25) is 4.90 Å². The van der Waals surface area contributed by atoms with Gasteiger partial charge in [0, 0.05) is 11.5 Å². The zero-order chi connectivity index (χ0) is 13.9. The molecule has 0 aromatic carbocycles. The highest BCUT2D eigenvalue weighted by molar-refractivity contribution is 5.00. The summed E-state index contributed by atoms with van der Waals surface area (Å²) in [5, 5.41) is 4.09. The smallest absolute Gasteiger partial charge is 0.240 e. The van der Waals surface area contributed by atoms with E-state index in [0.717, 1.165) is 37.8 Å². The number of nitrogens with zero attached hydrogens (tertiary/aromatic N) is 3. The van der Waals surface area contributed by atoms with Crippen molar-refractivity contribution in [2.24, 2.45) is 5.73 Å². The molecular formula is C14H26N4O. The summed E-state index contributed by atoms with van der Waals surface area (Å²) in [5.41, 5.74) is 5.64. The Morgan fingerprint density at radius 2 is 2.16 bits per heavy atom. The third-order valence-corrected chi connectivity index (χ3v) is 3.73. The van der Waals surface area contributed by atoms with E-state index in [0.29, 0.717) is 6.04 Å². The Morgan fingerprint density at radius 1 is 1.37 bits per heavy atom. The highest BCUT2D eigenvalue weighted by atomic mass is 16.5. The molecule has 0 radical (unpaired) electrons. The summed E-state index contributed by atoms with van der Waals surface area (Å²) in [6.07, 6.45) is 4.84. The SMILES string of the molecule is CC(C)(C)c1noc(CN2CCCCC2CCN)n1. The Kier molecular flexibility index (Phi) is 4.58. The number of piperidine rings is 1. The lowest BCUT2D eigenvalue weighted by atomic mass is 9.96. The molecule has 1 atom stereocenters. The number of hydrogen-bond acceptors (Lipinski definition) is 5. The maximum absolute atomic E-state index is 5.70. The summed E-state index contributed by atoms with van der Waals surface area (Å²) >= 11 is 0.